The van der Waals surface area contributed by atoms with Gasteiger partial charge in [0.15, 0.2) is 0 Å². The Morgan fingerprint density at radius 1 is 0.909 bits per heavy atom. The highest BCUT2D eigenvalue weighted by Gasteiger charge is 2.00. The summed E-state index contributed by atoms with van der Waals surface area (Å²) in [6.07, 6.45) is 12.7. The van der Waals surface area contributed by atoms with Crippen molar-refractivity contribution >= 4 is 16.3 Å². The molecule has 0 aliphatic carbocycles. The third-order valence-corrected chi connectivity index (χ3v) is 3.43. The molecule has 0 aliphatic rings. The third kappa shape index (κ3) is 27.6. The molecule has 0 bridgehead atoms. The highest BCUT2D eigenvalue weighted by atomic mass is 32.3. The number of unbranched alkanes of at least 4 members (excludes halogenated alkanes) is 8. The first kappa shape index (κ1) is 23.6. The van der Waals surface area contributed by atoms with Crippen LogP contribution in [0.4, 0.5) is 0 Å². The van der Waals surface area contributed by atoms with Gasteiger partial charge in [-0.05, 0) is 12.8 Å². The van der Waals surface area contributed by atoms with Gasteiger partial charge < -0.3 is 5.73 Å². The summed E-state index contributed by atoms with van der Waals surface area (Å²) in [5.74, 6) is -0.159. The minimum Gasteiger partial charge on any atom is -0.370 e. The highest BCUT2D eigenvalue weighted by Crippen LogP contribution is 2.10. The molecule has 0 saturated carbocycles. The first-order valence-electron chi connectivity index (χ1n) is 8.23. The van der Waals surface area contributed by atoms with E-state index in [1.165, 1.54) is 44.9 Å². The maximum atomic E-state index is 10.4. The summed E-state index contributed by atoms with van der Waals surface area (Å²) >= 11 is 0. The topological polar surface area (TPSA) is 107 Å². The largest absolute Gasteiger partial charge is 0.397 e. The minimum atomic E-state index is -4.19. The number of carbonyl (C=O) groups excluding carboxylic acids is 1. The molecule has 6 nitrogen and oxygen atoms in total. The Labute approximate surface area is 135 Å². The number of carbonyl (C=O) groups is 1. The van der Waals surface area contributed by atoms with E-state index in [1.54, 1.807) is 6.92 Å². The van der Waals surface area contributed by atoms with E-state index < -0.39 is 10.4 Å². The van der Waals surface area contributed by atoms with E-state index in [1.807, 2.05) is 0 Å². The lowest BCUT2D eigenvalue weighted by molar-refractivity contribution is -0.118. The van der Waals surface area contributed by atoms with Crippen molar-refractivity contribution in [1.29, 1.82) is 0 Å². The van der Waals surface area contributed by atoms with Crippen LogP contribution < -0.4 is 5.73 Å². The average Bonchev–Trinajstić information content (AvgIpc) is 2.43. The van der Waals surface area contributed by atoms with Gasteiger partial charge in [0.2, 0.25) is 5.91 Å². The molecule has 0 fully saturated rings. The molecule has 0 spiro atoms. The number of hydrogen-bond acceptors (Lipinski definition) is 4. The maximum absolute atomic E-state index is 10.4. The molecule has 0 aromatic carbocycles. The quantitative estimate of drug-likeness (QED) is 0.394. The van der Waals surface area contributed by atoms with Crippen LogP contribution in [0, 0.1) is 0 Å². The molecule has 0 saturated heterocycles. The second-order valence-electron chi connectivity index (χ2n) is 5.29. The first-order chi connectivity index (χ1) is 10.3. The summed E-state index contributed by atoms with van der Waals surface area (Å²) in [6, 6.07) is 0. The molecule has 7 heteroatoms. The summed E-state index contributed by atoms with van der Waals surface area (Å²) in [6.45, 7) is 4.02. The van der Waals surface area contributed by atoms with Gasteiger partial charge in [-0.25, -0.2) is 4.18 Å². The van der Waals surface area contributed by atoms with Crippen LogP contribution in [0.2, 0.25) is 0 Å². The Hall–Kier alpha value is -0.660. The van der Waals surface area contributed by atoms with Gasteiger partial charge in [0.25, 0.3) is 0 Å². The van der Waals surface area contributed by atoms with Gasteiger partial charge in [-0.2, -0.15) is 8.42 Å². The van der Waals surface area contributed by atoms with Crippen LogP contribution in [-0.4, -0.2) is 25.5 Å². The molecular formula is C15H33NO5S. The van der Waals surface area contributed by atoms with E-state index >= 15 is 0 Å². The molecule has 0 rings (SSSR count). The molecular weight excluding hydrogens is 306 g/mol. The average molecular weight is 339 g/mol. The predicted molar refractivity (Wildman–Crippen MR) is 88.8 cm³/mol. The molecule has 0 aliphatic heterocycles. The van der Waals surface area contributed by atoms with Crippen LogP contribution in [0.1, 0.15) is 84.5 Å². The number of nitrogens with two attached hydrogens (primary N) is 1. The number of amides is 1. The molecule has 0 heterocycles. The molecule has 0 radical (unpaired) electrons. The first-order valence-corrected chi connectivity index (χ1v) is 9.60. The molecule has 134 valence electrons. The standard InChI is InChI=1S/C12H25NO.C3H8O4S/c1-2-3-4-5-6-7-8-9-10-11-12(13)14;1-2-3-7-8(4,5)6/h2-11H2,1H3,(H2,13,14);2-3H2,1H3,(H,4,5,6). The van der Waals surface area contributed by atoms with Crippen molar-refractivity contribution in [2.75, 3.05) is 6.61 Å². The highest BCUT2D eigenvalue weighted by molar-refractivity contribution is 7.80. The van der Waals surface area contributed by atoms with Crippen LogP contribution in [0.25, 0.3) is 0 Å². The fourth-order valence-electron chi connectivity index (χ4n) is 1.80. The Kier molecular flexibility index (Phi) is 17.9. The summed E-state index contributed by atoms with van der Waals surface area (Å²) in [4.78, 5) is 10.4. The smallest absolute Gasteiger partial charge is 0.370 e. The van der Waals surface area contributed by atoms with Gasteiger partial charge in [-0.3, -0.25) is 9.35 Å². The van der Waals surface area contributed by atoms with Crippen LogP contribution in [-0.2, 0) is 19.4 Å². The maximum Gasteiger partial charge on any atom is 0.397 e. The van der Waals surface area contributed by atoms with Crippen LogP contribution in [0.5, 0.6) is 0 Å². The lowest BCUT2D eigenvalue weighted by Crippen LogP contribution is -2.09. The zero-order chi connectivity index (χ0) is 17.3. The zero-order valence-corrected chi connectivity index (χ0v) is 14.9. The Bertz CT molecular complexity index is 344. The van der Waals surface area contributed by atoms with E-state index in [-0.39, 0.29) is 12.5 Å². The van der Waals surface area contributed by atoms with Crippen molar-refractivity contribution in [3.05, 3.63) is 0 Å². The van der Waals surface area contributed by atoms with E-state index in [0.29, 0.717) is 12.8 Å². The normalized spacial score (nSPS) is 10.9. The Balaban J connectivity index is 0. The van der Waals surface area contributed by atoms with E-state index in [4.69, 9.17) is 10.3 Å². The zero-order valence-electron chi connectivity index (χ0n) is 14.1. The fraction of sp³-hybridized carbons (Fsp3) is 0.933. The van der Waals surface area contributed by atoms with Crippen LogP contribution >= 0.6 is 0 Å². The lowest BCUT2D eigenvalue weighted by Gasteiger charge is -2.00. The van der Waals surface area contributed by atoms with Gasteiger partial charge in [0.05, 0.1) is 6.61 Å². The van der Waals surface area contributed by atoms with E-state index in [9.17, 15) is 13.2 Å². The fourth-order valence-corrected chi connectivity index (χ4v) is 2.18. The lowest BCUT2D eigenvalue weighted by atomic mass is 10.1. The molecule has 0 aromatic heterocycles. The molecule has 0 unspecified atom stereocenters. The van der Waals surface area contributed by atoms with E-state index in [2.05, 4.69) is 11.1 Å². The van der Waals surface area contributed by atoms with Crippen molar-refractivity contribution in [3.8, 4) is 0 Å². The Morgan fingerprint density at radius 3 is 1.68 bits per heavy atom. The van der Waals surface area contributed by atoms with Crippen molar-refractivity contribution in [2.45, 2.75) is 84.5 Å². The van der Waals surface area contributed by atoms with Gasteiger partial charge in [-0.15, -0.1) is 0 Å². The minimum absolute atomic E-state index is 0.0405. The van der Waals surface area contributed by atoms with Gasteiger partial charge in [0.1, 0.15) is 0 Å². The summed E-state index contributed by atoms with van der Waals surface area (Å²) in [5, 5.41) is 0. The summed E-state index contributed by atoms with van der Waals surface area (Å²) in [5.41, 5.74) is 5.05. The van der Waals surface area contributed by atoms with Crippen molar-refractivity contribution in [3.63, 3.8) is 0 Å². The molecule has 1 amide bonds. The monoisotopic (exact) mass is 339 g/mol. The second kappa shape index (κ2) is 16.7. The van der Waals surface area contributed by atoms with Gasteiger partial charge in [0, 0.05) is 6.42 Å². The number of primary amides is 1. The SMILES string of the molecule is CCCCCCCCCCCC(N)=O.CCCOS(=O)(=O)O. The summed E-state index contributed by atoms with van der Waals surface area (Å²) in [7, 11) is -4.19. The summed E-state index contributed by atoms with van der Waals surface area (Å²) < 4.78 is 31.3. The van der Waals surface area contributed by atoms with Gasteiger partial charge >= 0.3 is 10.4 Å². The Morgan fingerprint density at radius 2 is 1.36 bits per heavy atom. The third-order valence-electron chi connectivity index (χ3n) is 2.96. The number of hydrogen-bond donors (Lipinski definition) is 2. The van der Waals surface area contributed by atoms with Crippen molar-refractivity contribution in [2.24, 2.45) is 5.73 Å². The predicted octanol–water partition coefficient (Wildman–Crippen LogP) is 3.61. The van der Waals surface area contributed by atoms with Crippen molar-refractivity contribution < 1.29 is 21.9 Å². The van der Waals surface area contributed by atoms with Gasteiger partial charge in [-0.1, -0.05) is 65.2 Å². The van der Waals surface area contributed by atoms with Crippen LogP contribution in [0.3, 0.4) is 0 Å². The van der Waals surface area contributed by atoms with Crippen molar-refractivity contribution in [1.82, 2.24) is 0 Å². The molecule has 0 atom stereocenters. The van der Waals surface area contributed by atoms with Crippen LogP contribution in [0.15, 0.2) is 0 Å². The molecule has 0 aromatic rings. The second-order valence-corrected chi connectivity index (χ2v) is 6.39. The number of rotatable bonds is 13. The molecule has 3 N–H and O–H groups in total. The van der Waals surface area contributed by atoms with E-state index in [0.717, 1.165) is 12.8 Å². The molecule has 22 heavy (non-hydrogen) atoms.